The Bertz CT molecular complexity index is 1360. The van der Waals surface area contributed by atoms with E-state index in [1.54, 1.807) is 6.07 Å². The molecule has 184 valence electrons. The zero-order chi connectivity index (χ0) is 25.4. The van der Waals surface area contributed by atoms with Crippen LogP contribution in [-0.4, -0.2) is 36.5 Å². The van der Waals surface area contributed by atoms with Gasteiger partial charge in [-0.05, 0) is 79.9 Å². The minimum atomic E-state index is -0.741. The molecule has 5 rings (SSSR count). The molecule has 1 fully saturated rings. The molecule has 6 nitrogen and oxygen atoms in total. The normalized spacial score (nSPS) is 18.3. The van der Waals surface area contributed by atoms with Gasteiger partial charge in [-0.1, -0.05) is 24.3 Å². The third-order valence-electron chi connectivity index (χ3n) is 7.15. The number of benzene rings is 3. The van der Waals surface area contributed by atoms with Crippen molar-refractivity contribution >= 4 is 28.8 Å². The second-order valence-electron chi connectivity index (χ2n) is 9.14. The Balaban J connectivity index is 1.65. The van der Waals surface area contributed by atoms with E-state index in [1.807, 2.05) is 67.6 Å². The summed E-state index contributed by atoms with van der Waals surface area (Å²) in [5.74, 6) is -0.718. The van der Waals surface area contributed by atoms with Crippen LogP contribution in [0.1, 0.15) is 42.1 Å². The van der Waals surface area contributed by atoms with E-state index in [0.717, 1.165) is 47.6 Å². The molecule has 0 bridgehead atoms. The van der Waals surface area contributed by atoms with Crippen LogP contribution in [0, 0.1) is 6.92 Å². The van der Waals surface area contributed by atoms with Crippen LogP contribution in [-0.2, 0) is 16.0 Å². The van der Waals surface area contributed by atoms with Crippen LogP contribution in [0.5, 0.6) is 5.75 Å². The molecule has 2 aliphatic rings. The summed E-state index contributed by atoms with van der Waals surface area (Å²) < 4.78 is 5.59. The number of aliphatic hydroxyl groups is 1. The van der Waals surface area contributed by atoms with Crippen molar-refractivity contribution in [1.82, 2.24) is 0 Å². The van der Waals surface area contributed by atoms with Gasteiger partial charge in [-0.25, -0.2) is 0 Å². The van der Waals surface area contributed by atoms with E-state index in [-0.39, 0.29) is 11.3 Å². The summed E-state index contributed by atoms with van der Waals surface area (Å²) >= 11 is 0. The van der Waals surface area contributed by atoms with Gasteiger partial charge in [0.15, 0.2) is 0 Å². The first-order valence-corrected chi connectivity index (χ1v) is 12.4. The number of amides is 1. The maximum absolute atomic E-state index is 13.5. The van der Waals surface area contributed by atoms with Gasteiger partial charge in [0.2, 0.25) is 0 Å². The van der Waals surface area contributed by atoms with E-state index in [2.05, 4.69) is 18.7 Å². The lowest BCUT2D eigenvalue weighted by Gasteiger charge is -2.27. The van der Waals surface area contributed by atoms with Gasteiger partial charge in [-0.2, -0.15) is 0 Å². The van der Waals surface area contributed by atoms with Crippen molar-refractivity contribution in [2.24, 2.45) is 0 Å². The smallest absolute Gasteiger partial charge is 0.300 e. The van der Waals surface area contributed by atoms with Gasteiger partial charge in [0.25, 0.3) is 11.7 Å². The SMILES string of the molecule is CCN(CC)c1ccc(N2C(=O)C(=O)/C(=C(/O)c3ccc4c(c3)CCO4)C2c2ccccc2C)cc1. The van der Waals surface area contributed by atoms with Gasteiger partial charge in [-0.3, -0.25) is 14.5 Å². The van der Waals surface area contributed by atoms with Crippen molar-refractivity contribution in [2.75, 3.05) is 29.5 Å². The van der Waals surface area contributed by atoms with Gasteiger partial charge >= 0.3 is 0 Å². The first-order chi connectivity index (χ1) is 17.4. The summed E-state index contributed by atoms with van der Waals surface area (Å²) in [6.07, 6.45) is 0.741. The standard InChI is InChI=1S/C30H30N2O4/c1-4-31(5-2)22-11-13-23(14-12-22)32-27(24-9-7-6-8-19(24)3)26(29(34)30(32)35)28(33)21-10-15-25-20(18-21)16-17-36-25/h6-15,18,27,33H,4-5,16-17H2,1-3H3/b28-26+. The molecule has 1 N–H and O–H groups in total. The molecule has 2 aliphatic heterocycles. The monoisotopic (exact) mass is 482 g/mol. The lowest BCUT2D eigenvalue weighted by molar-refractivity contribution is -0.132. The highest BCUT2D eigenvalue weighted by molar-refractivity contribution is 6.51. The molecule has 2 heterocycles. The number of rotatable bonds is 6. The largest absolute Gasteiger partial charge is 0.507 e. The number of aliphatic hydroxyl groups excluding tert-OH is 1. The summed E-state index contributed by atoms with van der Waals surface area (Å²) in [5, 5.41) is 11.4. The van der Waals surface area contributed by atoms with Gasteiger partial charge in [0.1, 0.15) is 11.5 Å². The van der Waals surface area contributed by atoms with Crippen LogP contribution < -0.4 is 14.5 Å². The number of carbonyl (C=O) groups is 2. The van der Waals surface area contributed by atoms with Crippen molar-refractivity contribution < 1.29 is 19.4 Å². The summed E-state index contributed by atoms with van der Waals surface area (Å²) in [6, 6.07) is 20.0. The highest BCUT2D eigenvalue weighted by Crippen LogP contribution is 2.43. The van der Waals surface area contributed by atoms with E-state index in [1.165, 1.54) is 4.90 Å². The first kappa shape index (κ1) is 23.7. The molecule has 0 aromatic heterocycles. The van der Waals surface area contributed by atoms with Crippen LogP contribution in [0.15, 0.2) is 72.3 Å². The predicted octanol–water partition coefficient (Wildman–Crippen LogP) is 5.40. The van der Waals surface area contributed by atoms with Crippen LogP contribution in [0.3, 0.4) is 0 Å². The number of anilines is 2. The Morgan fingerprint density at radius 1 is 1.03 bits per heavy atom. The fourth-order valence-corrected chi connectivity index (χ4v) is 5.19. The fraction of sp³-hybridized carbons (Fsp3) is 0.267. The van der Waals surface area contributed by atoms with Gasteiger partial charge < -0.3 is 14.7 Å². The molecule has 3 aromatic rings. The van der Waals surface area contributed by atoms with Crippen molar-refractivity contribution in [3.63, 3.8) is 0 Å². The summed E-state index contributed by atoms with van der Waals surface area (Å²) in [7, 11) is 0. The number of Topliss-reactive ketones (excluding diaryl/α,β-unsaturated/α-hetero) is 1. The van der Waals surface area contributed by atoms with Crippen LogP contribution in [0.25, 0.3) is 5.76 Å². The lowest BCUT2D eigenvalue weighted by atomic mass is 9.92. The third kappa shape index (κ3) is 3.92. The van der Waals surface area contributed by atoms with E-state index < -0.39 is 17.7 Å². The Morgan fingerprint density at radius 3 is 2.44 bits per heavy atom. The zero-order valence-corrected chi connectivity index (χ0v) is 20.8. The molecule has 1 unspecified atom stereocenters. The lowest BCUT2D eigenvalue weighted by Crippen LogP contribution is -2.30. The Morgan fingerprint density at radius 2 is 1.75 bits per heavy atom. The van der Waals surface area contributed by atoms with Crippen LogP contribution in [0.4, 0.5) is 11.4 Å². The van der Waals surface area contributed by atoms with Gasteiger partial charge in [0.05, 0.1) is 18.2 Å². The number of carbonyl (C=O) groups excluding carboxylic acids is 2. The Hall–Kier alpha value is -4.06. The highest BCUT2D eigenvalue weighted by Gasteiger charge is 2.47. The second-order valence-corrected chi connectivity index (χ2v) is 9.14. The topological polar surface area (TPSA) is 70.1 Å². The molecule has 1 atom stereocenters. The van der Waals surface area contributed by atoms with E-state index >= 15 is 0 Å². The van der Waals surface area contributed by atoms with Gasteiger partial charge in [-0.15, -0.1) is 0 Å². The van der Waals surface area contributed by atoms with Crippen molar-refractivity contribution in [3.05, 3.63) is 94.6 Å². The average molecular weight is 483 g/mol. The average Bonchev–Trinajstić information content (AvgIpc) is 3.47. The van der Waals surface area contributed by atoms with Crippen LogP contribution >= 0.6 is 0 Å². The molecule has 1 amide bonds. The second kappa shape index (κ2) is 9.53. The maximum Gasteiger partial charge on any atom is 0.300 e. The molecule has 0 radical (unpaired) electrons. The number of hydrogen-bond acceptors (Lipinski definition) is 5. The van der Waals surface area contributed by atoms with Crippen molar-refractivity contribution in [1.29, 1.82) is 0 Å². The van der Waals surface area contributed by atoms with Gasteiger partial charge in [0, 0.05) is 36.4 Å². The van der Waals surface area contributed by atoms with Crippen molar-refractivity contribution in [3.8, 4) is 5.75 Å². The zero-order valence-electron chi connectivity index (χ0n) is 20.8. The molecule has 0 saturated carbocycles. The summed E-state index contributed by atoms with van der Waals surface area (Å²) in [5.41, 5.74) is 4.98. The van der Waals surface area contributed by atoms with E-state index in [9.17, 15) is 14.7 Å². The van der Waals surface area contributed by atoms with E-state index in [4.69, 9.17) is 4.74 Å². The number of ketones is 1. The number of nitrogens with zero attached hydrogens (tertiary/aromatic N) is 2. The first-order valence-electron chi connectivity index (χ1n) is 12.4. The third-order valence-corrected chi connectivity index (χ3v) is 7.15. The van der Waals surface area contributed by atoms with Crippen molar-refractivity contribution in [2.45, 2.75) is 33.2 Å². The molecule has 1 saturated heterocycles. The summed E-state index contributed by atoms with van der Waals surface area (Å²) in [4.78, 5) is 30.7. The fourth-order valence-electron chi connectivity index (χ4n) is 5.19. The predicted molar refractivity (Wildman–Crippen MR) is 142 cm³/mol. The minimum absolute atomic E-state index is 0.0981. The minimum Gasteiger partial charge on any atom is -0.507 e. The molecule has 0 spiro atoms. The number of aryl methyl sites for hydroxylation is 1. The number of fused-ring (bicyclic) bond motifs is 1. The Kier molecular flexibility index (Phi) is 6.27. The quantitative estimate of drug-likeness (QED) is 0.289. The molecular weight excluding hydrogens is 452 g/mol. The summed E-state index contributed by atoms with van der Waals surface area (Å²) in [6.45, 7) is 8.48. The molecular formula is C30H30N2O4. The highest BCUT2D eigenvalue weighted by atomic mass is 16.5. The Labute approximate surface area is 211 Å². The molecule has 6 heteroatoms. The molecule has 0 aliphatic carbocycles. The van der Waals surface area contributed by atoms with E-state index in [0.29, 0.717) is 17.9 Å². The molecule has 36 heavy (non-hydrogen) atoms. The molecule has 3 aromatic carbocycles. The number of hydrogen-bond donors (Lipinski definition) is 1. The number of ether oxygens (including phenoxy) is 1. The van der Waals surface area contributed by atoms with Crippen LogP contribution in [0.2, 0.25) is 0 Å². The maximum atomic E-state index is 13.5.